The predicted octanol–water partition coefficient (Wildman–Crippen LogP) is 4.39. The number of amides is 1. The Bertz CT molecular complexity index is 856. The van der Waals surface area contributed by atoms with Gasteiger partial charge in [-0.3, -0.25) is 4.79 Å². The van der Waals surface area contributed by atoms with Gasteiger partial charge >= 0.3 is 0 Å². The highest BCUT2D eigenvalue weighted by atomic mass is 16.3. The van der Waals surface area contributed by atoms with E-state index in [2.05, 4.69) is 34.4 Å². The normalized spacial score (nSPS) is 10.4. The molecule has 1 aromatic carbocycles. The topological polar surface area (TPSA) is 70.4 Å². The van der Waals surface area contributed by atoms with Crippen LogP contribution in [0, 0.1) is 0 Å². The minimum absolute atomic E-state index is 0.172. The van der Waals surface area contributed by atoms with Gasteiger partial charge in [0.2, 0.25) is 0 Å². The van der Waals surface area contributed by atoms with E-state index in [-0.39, 0.29) is 5.91 Å². The standard InChI is InChI=1S/C21H24N4O2/c1-3-25(4-2)18-9-7-17(8-10-18)24-21(26)16-11-12-22-20(14-16)23-15-19-6-5-13-27-19/h5-14H,3-4,15H2,1-2H3,(H,22,23)(H,24,26). The number of carbonyl (C=O) groups is 1. The van der Waals surface area contributed by atoms with Gasteiger partial charge in [-0.1, -0.05) is 0 Å². The summed E-state index contributed by atoms with van der Waals surface area (Å²) in [6, 6.07) is 15.0. The van der Waals surface area contributed by atoms with Crippen LogP contribution in [-0.2, 0) is 6.54 Å². The summed E-state index contributed by atoms with van der Waals surface area (Å²) in [4.78, 5) is 19.0. The van der Waals surface area contributed by atoms with Crippen LogP contribution in [0.25, 0.3) is 0 Å². The third-order valence-electron chi connectivity index (χ3n) is 4.30. The predicted molar refractivity (Wildman–Crippen MR) is 108 cm³/mol. The lowest BCUT2D eigenvalue weighted by molar-refractivity contribution is 0.102. The van der Waals surface area contributed by atoms with Gasteiger partial charge in [-0.15, -0.1) is 0 Å². The lowest BCUT2D eigenvalue weighted by atomic mass is 10.2. The van der Waals surface area contributed by atoms with Gasteiger partial charge in [0.25, 0.3) is 5.91 Å². The minimum atomic E-state index is -0.172. The molecule has 2 N–H and O–H groups in total. The van der Waals surface area contributed by atoms with Gasteiger partial charge in [-0.2, -0.15) is 0 Å². The van der Waals surface area contributed by atoms with Crippen LogP contribution in [-0.4, -0.2) is 24.0 Å². The molecule has 0 radical (unpaired) electrons. The second-order valence-corrected chi connectivity index (χ2v) is 6.04. The first-order chi connectivity index (χ1) is 13.2. The summed E-state index contributed by atoms with van der Waals surface area (Å²) in [5.41, 5.74) is 2.45. The zero-order valence-electron chi connectivity index (χ0n) is 15.6. The molecule has 2 aromatic heterocycles. The summed E-state index contributed by atoms with van der Waals surface area (Å²) in [5, 5.41) is 6.07. The average Bonchev–Trinajstić information content (AvgIpc) is 3.22. The van der Waals surface area contributed by atoms with Crippen molar-refractivity contribution in [2.24, 2.45) is 0 Å². The summed E-state index contributed by atoms with van der Waals surface area (Å²) in [6.45, 7) is 6.66. The highest BCUT2D eigenvalue weighted by molar-refractivity contribution is 6.04. The van der Waals surface area contributed by atoms with E-state index < -0.39 is 0 Å². The van der Waals surface area contributed by atoms with E-state index in [1.165, 1.54) is 0 Å². The Balaban J connectivity index is 1.63. The van der Waals surface area contributed by atoms with E-state index >= 15 is 0 Å². The van der Waals surface area contributed by atoms with E-state index in [9.17, 15) is 4.79 Å². The van der Waals surface area contributed by atoms with Crippen LogP contribution in [0.15, 0.2) is 65.4 Å². The van der Waals surface area contributed by atoms with Crippen molar-refractivity contribution in [3.8, 4) is 0 Å². The van der Waals surface area contributed by atoms with Crippen LogP contribution in [0.5, 0.6) is 0 Å². The maximum Gasteiger partial charge on any atom is 0.255 e. The lowest BCUT2D eigenvalue weighted by Gasteiger charge is -2.21. The SMILES string of the molecule is CCN(CC)c1ccc(NC(=O)c2ccnc(NCc3ccco3)c2)cc1. The van der Waals surface area contributed by atoms with Crippen LogP contribution < -0.4 is 15.5 Å². The van der Waals surface area contributed by atoms with Gasteiger partial charge in [0.15, 0.2) is 0 Å². The zero-order chi connectivity index (χ0) is 19.1. The molecular formula is C21H24N4O2. The van der Waals surface area contributed by atoms with Crippen LogP contribution in [0.4, 0.5) is 17.2 Å². The average molecular weight is 364 g/mol. The van der Waals surface area contributed by atoms with E-state index in [4.69, 9.17) is 4.42 Å². The number of hydrogen-bond acceptors (Lipinski definition) is 5. The fourth-order valence-corrected chi connectivity index (χ4v) is 2.81. The molecule has 0 aliphatic heterocycles. The number of anilines is 3. The number of furan rings is 1. The molecule has 0 bridgehead atoms. The number of nitrogens with one attached hydrogen (secondary N) is 2. The van der Waals surface area contributed by atoms with E-state index in [1.807, 2.05) is 36.4 Å². The zero-order valence-corrected chi connectivity index (χ0v) is 15.6. The number of carbonyl (C=O) groups excluding carboxylic acids is 1. The van der Waals surface area contributed by atoms with Gasteiger partial charge in [-0.05, 0) is 62.4 Å². The monoisotopic (exact) mass is 364 g/mol. The van der Waals surface area contributed by atoms with E-state index in [0.717, 1.165) is 30.2 Å². The highest BCUT2D eigenvalue weighted by Gasteiger charge is 2.09. The van der Waals surface area contributed by atoms with Crippen LogP contribution in [0.3, 0.4) is 0 Å². The molecule has 0 spiro atoms. The molecule has 0 unspecified atom stereocenters. The third kappa shape index (κ3) is 4.88. The van der Waals surface area contributed by atoms with Gasteiger partial charge in [0.05, 0.1) is 12.8 Å². The number of rotatable bonds is 8. The van der Waals surface area contributed by atoms with Crippen molar-refractivity contribution >= 4 is 23.1 Å². The highest BCUT2D eigenvalue weighted by Crippen LogP contribution is 2.18. The largest absolute Gasteiger partial charge is 0.467 e. The molecule has 3 rings (SSSR count). The van der Waals surface area contributed by atoms with Crippen LogP contribution in [0.2, 0.25) is 0 Å². The summed E-state index contributed by atoms with van der Waals surface area (Å²) in [6.07, 6.45) is 3.24. The van der Waals surface area contributed by atoms with E-state index in [1.54, 1.807) is 24.6 Å². The molecule has 0 aliphatic rings. The quantitative estimate of drug-likeness (QED) is 0.620. The molecule has 0 fully saturated rings. The fourth-order valence-electron chi connectivity index (χ4n) is 2.81. The number of pyridine rings is 1. The molecule has 0 atom stereocenters. The molecule has 0 saturated carbocycles. The molecule has 3 aromatic rings. The first-order valence-corrected chi connectivity index (χ1v) is 9.08. The van der Waals surface area contributed by atoms with Crippen molar-refractivity contribution in [1.29, 1.82) is 0 Å². The van der Waals surface area contributed by atoms with Crippen molar-refractivity contribution in [3.05, 3.63) is 72.3 Å². The third-order valence-corrected chi connectivity index (χ3v) is 4.30. The van der Waals surface area contributed by atoms with Gasteiger partial charge in [0, 0.05) is 36.2 Å². The van der Waals surface area contributed by atoms with E-state index in [0.29, 0.717) is 17.9 Å². The second kappa shape index (κ2) is 8.89. The Morgan fingerprint density at radius 1 is 1.11 bits per heavy atom. The minimum Gasteiger partial charge on any atom is -0.467 e. The maximum atomic E-state index is 12.5. The first kappa shape index (κ1) is 18.5. The smallest absolute Gasteiger partial charge is 0.255 e. The molecule has 0 aliphatic carbocycles. The maximum absolute atomic E-state index is 12.5. The molecule has 140 valence electrons. The van der Waals surface area contributed by atoms with Gasteiger partial charge in [-0.25, -0.2) is 4.98 Å². The van der Waals surface area contributed by atoms with Crippen LogP contribution >= 0.6 is 0 Å². The Kier molecular flexibility index (Phi) is 6.10. The van der Waals surface area contributed by atoms with Crippen molar-refractivity contribution in [2.45, 2.75) is 20.4 Å². The van der Waals surface area contributed by atoms with Gasteiger partial charge in [0.1, 0.15) is 11.6 Å². The Morgan fingerprint density at radius 3 is 2.56 bits per heavy atom. The summed E-state index contributed by atoms with van der Waals surface area (Å²) in [7, 11) is 0. The number of nitrogens with zero attached hydrogens (tertiary/aromatic N) is 2. The molecule has 2 heterocycles. The first-order valence-electron chi connectivity index (χ1n) is 9.08. The molecular weight excluding hydrogens is 340 g/mol. The van der Waals surface area contributed by atoms with Crippen molar-refractivity contribution in [1.82, 2.24) is 4.98 Å². The molecule has 6 heteroatoms. The Morgan fingerprint density at radius 2 is 1.89 bits per heavy atom. The number of aromatic nitrogens is 1. The molecule has 0 saturated heterocycles. The summed E-state index contributed by atoms with van der Waals surface area (Å²) >= 11 is 0. The van der Waals surface area contributed by atoms with Gasteiger partial charge < -0.3 is 20.0 Å². The molecule has 27 heavy (non-hydrogen) atoms. The molecule has 1 amide bonds. The van der Waals surface area contributed by atoms with Crippen molar-refractivity contribution < 1.29 is 9.21 Å². The Hall–Kier alpha value is -3.28. The Labute approximate surface area is 159 Å². The number of benzene rings is 1. The van der Waals surface area contributed by atoms with Crippen molar-refractivity contribution in [3.63, 3.8) is 0 Å². The fraction of sp³-hybridized carbons (Fsp3) is 0.238. The summed E-state index contributed by atoms with van der Waals surface area (Å²) < 4.78 is 5.28. The lowest BCUT2D eigenvalue weighted by Crippen LogP contribution is -2.21. The number of hydrogen-bond donors (Lipinski definition) is 2. The molecule has 6 nitrogen and oxygen atoms in total. The summed E-state index contributed by atoms with van der Waals surface area (Å²) in [5.74, 6) is 1.25. The van der Waals surface area contributed by atoms with Crippen LogP contribution in [0.1, 0.15) is 30.0 Å². The van der Waals surface area contributed by atoms with Crippen molar-refractivity contribution in [2.75, 3.05) is 28.6 Å². The second-order valence-electron chi connectivity index (χ2n) is 6.04.